The van der Waals surface area contributed by atoms with Gasteiger partial charge in [0.05, 0.1) is 43.3 Å². The molecule has 0 spiro atoms. The van der Waals surface area contributed by atoms with Gasteiger partial charge in [-0.25, -0.2) is 27.7 Å². The van der Waals surface area contributed by atoms with Gasteiger partial charge in [0.25, 0.3) is 5.91 Å². The normalized spacial score (nSPS) is 21.2. The Morgan fingerprint density at radius 1 is 1.29 bits per heavy atom. The number of hydrogen-bond acceptors (Lipinski definition) is 8. The van der Waals surface area contributed by atoms with Gasteiger partial charge < -0.3 is 20.3 Å². The highest BCUT2D eigenvalue weighted by atomic mass is 19.4. The van der Waals surface area contributed by atoms with Crippen LogP contribution in [-0.4, -0.2) is 80.2 Å². The zero-order valence-corrected chi connectivity index (χ0v) is 22.0. The lowest BCUT2D eigenvalue weighted by Gasteiger charge is -2.33. The zero-order chi connectivity index (χ0) is 29.5. The third-order valence-electron chi connectivity index (χ3n) is 7.48. The molecule has 3 aromatic rings. The Bertz CT molecular complexity index is 1420. The van der Waals surface area contributed by atoms with E-state index >= 15 is 0 Å². The molecule has 3 amide bonds. The number of ether oxygens (including phenoxy) is 1. The second-order valence-corrected chi connectivity index (χ2v) is 10.3. The van der Waals surface area contributed by atoms with Crippen LogP contribution < -0.4 is 10.6 Å². The first-order chi connectivity index (χ1) is 19.4. The average molecular weight is 587 g/mol. The Balaban J connectivity index is 1.45. The number of nitrogens with one attached hydrogen (secondary N) is 2. The van der Waals surface area contributed by atoms with Gasteiger partial charge in [0.1, 0.15) is 11.7 Å². The number of imidazole rings is 1. The molecule has 0 unspecified atom stereocenters. The molecule has 0 radical (unpaired) electrons. The van der Waals surface area contributed by atoms with Crippen molar-refractivity contribution in [1.82, 2.24) is 40.4 Å². The number of nitrogens with zero attached hydrogens (tertiary/aromatic N) is 6. The van der Waals surface area contributed by atoms with Crippen molar-refractivity contribution in [2.45, 2.75) is 62.8 Å². The molecule has 3 aromatic heterocycles. The summed E-state index contributed by atoms with van der Waals surface area (Å²) >= 11 is 0. The minimum atomic E-state index is -4.62. The summed E-state index contributed by atoms with van der Waals surface area (Å²) < 4.78 is 78.8. The van der Waals surface area contributed by atoms with Crippen molar-refractivity contribution < 1.29 is 40.9 Å². The highest BCUT2D eigenvalue weighted by Gasteiger charge is 2.48. The largest absolute Gasteiger partial charge is 0.410 e. The maximum Gasteiger partial charge on any atom is 0.410 e. The number of halogens is 5. The highest BCUT2D eigenvalue weighted by Crippen LogP contribution is 2.41. The lowest BCUT2D eigenvalue weighted by Crippen LogP contribution is -2.40. The minimum Gasteiger partial charge on any atom is -0.382 e. The molecule has 222 valence electrons. The third-order valence-corrected chi connectivity index (χ3v) is 7.48. The summed E-state index contributed by atoms with van der Waals surface area (Å²) in [6, 6.07) is -3.06. The fourth-order valence-corrected chi connectivity index (χ4v) is 5.25. The Hall–Kier alpha value is -3.89. The molecule has 3 atom stereocenters. The van der Waals surface area contributed by atoms with Crippen LogP contribution >= 0.6 is 0 Å². The number of amides is 3. The van der Waals surface area contributed by atoms with E-state index in [0.717, 1.165) is 4.90 Å². The van der Waals surface area contributed by atoms with Gasteiger partial charge in [0.2, 0.25) is 5.92 Å². The van der Waals surface area contributed by atoms with Crippen LogP contribution in [0, 0.1) is 12.8 Å². The summed E-state index contributed by atoms with van der Waals surface area (Å²) in [5, 5.41) is 16.3. The topological polar surface area (TPSA) is 140 Å². The number of fused-ring (bicyclic) bond motifs is 1. The summed E-state index contributed by atoms with van der Waals surface area (Å²) in [5.74, 6) is -3.79. The molecule has 2 fully saturated rings. The van der Waals surface area contributed by atoms with Crippen LogP contribution in [0.4, 0.5) is 26.7 Å². The van der Waals surface area contributed by atoms with E-state index in [4.69, 9.17) is 4.74 Å². The van der Waals surface area contributed by atoms with Crippen LogP contribution in [-0.2, 0) is 4.74 Å². The van der Waals surface area contributed by atoms with E-state index in [0.29, 0.717) is 11.3 Å². The van der Waals surface area contributed by atoms with E-state index in [1.165, 1.54) is 30.9 Å². The van der Waals surface area contributed by atoms with E-state index in [1.54, 1.807) is 6.07 Å². The molecule has 12 nitrogen and oxygen atoms in total. The molecule has 2 N–H and O–H groups in total. The number of carbonyl (C=O) groups is 2. The smallest absolute Gasteiger partial charge is 0.382 e. The average Bonchev–Trinajstić information content (AvgIpc) is 3.63. The second-order valence-electron chi connectivity index (χ2n) is 10.3. The molecule has 0 bridgehead atoms. The fourth-order valence-electron chi connectivity index (χ4n) is 5.25. The van der Waals surface area contributed by atoms with Crippen LogP contribution in [0.25, 0.3) is 5.65 Å². The summed E-state index contributed by atoms with van der Waals surface area (Å²) in [6.07, 6.45) is -2.14. The molecule has 1 saturated carbocycles. The lowest BCUT2D eigenvalue weighted by atomic mass is 9.81. The van der Waals surface area contributed by atoms with E-state index < -0.39 is 48.7 Å². The van der Waals surface area contributed by atoms with Crippen LogP contribution in [0.3, 0.4) is 0 Å². The Kier molecular flexibility index (Phi) is 7.56. The number of aromatic nitrogens is 5. The van der Waals surface area contributed by atoms with E-state index in [2.05, 4.69) is 30.3 Å². The van der Waals surface area contributed by atoms with Crippen molar-refractivity contribution in [1.29, 1.82) is 0 Å². The predicted molar refractivity (Wildman–Crippen MR) is 129 cm³/mol. The van der Waals surface area contributed by atoms with Gasteiger partial charge in [-0.1, -0.05) is 5.16 Å². The number of aryl methyl sites for hydroxylation is 1. The van der Waals surface area contributed by atoms with Crippen LogP contribution in [0.15, 0.2) is 23.1 Å². The molecule has 4 heterocycles. The number of methoxy groups -OCH3 is 1. The molecular weight excluding hydrogens is 559 g/mol. The van der Waals surface area contributed by atoms with Gasteiger partial charge in [-0.05, 0) is 36.9 Å². The number of urea groups is 1. The van der Waals surface area contributed by atoms with Crippen molar-refractivity contribution >= 4 is 17.6 Å². The van der Waals surface area contributed by atoms with Gasteiger partial charge >= 0.3 is 12.2 Å². The molecule has 1 aliphatic carbocycles. The summed E-state index contributed by atoms with van der Waals surface area (Å²) in [4.78, 5) is 31.0. The SMILES string of the molecule is COC[C@H](c1cnn2cc([C@@H](NC(=O)c3nonc3C)C3CCC(F)(F)CC3)nc2c1)N1C[C@@H](C(F)(F)F)NC1=O. The van der Waals surface area contributed by atoms with E-state index in [-0.39, 0.29) is 55.2 Å². The first-order valence-corrected chi connectivity index (χ1v) is 12.8. The Morgan fingerprint density at radius 2 is 2.02 bits per heavy atom. The molecule has 5 rings (SSSR count). The van der Waals surface area contributed by atoms with Gasteiger partial charge in [-0.2, -0.15) is 18.3 Å². The van der Waals surface area contributed by atoms with Gasteiger partial charge in [0.15, 0.2) is 11.3 Å². The molecule has 1 aliphatic heterocycles. The molecule has 17 heteroatoms. The number of rotatable bonds is 8. The maximum atomic E-state index is 13.9. The zero-order valence-electron chi connectivity index (χ0n) is 22.0. The van der Waals surface area contributed by atoms with E-state index in [9.17, 15) is 31.5 Å². The Morgan fingerprint density at radius 3 is 2.63 bits per heavy atom. The van der Waals surface area contributed by atoms with Crippen LogP contribution in [0.5, 0.6) is 0 Å². The molecule has 41 heavy (non-hydrogen) atoms. The van der Waals surface area contributed by atoms with Crippen molar-refractivity contribution in [3.8, 4) is 0 Å². The minimum absolute atomic E-state index is 0.0521. The number of alkyl halides is 5. The summed E-state index contributed by atoms with van der Waals surface area (Å²) in [6.45, 7) is 0.813. The van der Waals surface area contributed by atoms with Crippen molar-refractivity contribution in [3.05, 3.63) is 41.1 Å². The maximum absolute atomic E-state index is 13.9. The van der Waals surface area contributed by atoms with Gasteiger partial charge in [-0.3, -0.25) is 4.79 Å². The third kappa shape index (κ3) is 5.94. The standard InChI is InChI=1S/C24H27F5N8O4/c1-12-19(35-41-34-12)21(38)33-20(13-3-5-23(25,26)6-4-13)15-9-37-18(31-15)7-14(8-30-37)16(11-40-2)36-10-17(24(27,28)29)32-22(36)39/h7-9,13,16-17,20H,3-6,10-11H2,1-2H3,(H,32,39)(H,33,38)/t16-,17+,20+/m1/s1. The van der Waals surface area contributed by atoms with Gasteiger partial charge in [-0.15, -0.1) is 0 Å². The van der Waals surface area contributed by atoms with Crippen LogP contribution in [0.1, 0.15) is 65.2 Å². The quantitative estimate of drug-likeness (QED) is 0.383. The van der Waals surface area contributed by atoms with E-state index in [1.807, 2.05) is 5.32 Å². The Labute approximate surface area is 229 Å². The molecule has 2 aliphatic rings. The van der Waals surface area contributed by atoms with Gasteiger partial charge in [0, 0.05) is 25.5 Å². The molecule has 0 aromatic carbocycles. The number of carbonyl (C=O) groups excluding carboxylic acids is 2. The highest BCUT2D eigenvalue weighted by molar-refractivity contribution is 5.93. The predicted octanol–water partition coefficient (Wildman–Crippen LogP) is 3.36. The first kappa shape index (κ1) is 28.6. The molecular formula is C24H27F5N8O4. The summed E-state index contributed by atoms with van der Waals surface area (Å²) in [7, 11) is 1.36. The number of hydrogen-bond donors (Lipinski definition) is 2. The molecule has 1 saturated heterocycles. The van der Waals surface area contributed by atoms with Crippen molar-refractivity contribution in [2.24, 2.45) is 5.92 Å². The fraction of sp³-hybridized carbons (Fsp3) is 0.583. The second kappa shape index (κ2) is 10.8. The monoisotopic (exact) mass is 586 g/mol. The summed E-state index contributed by atoms with van der Waals surface area (Å²) in [5.41, 5.74) is 1.18. The lowest BCUT2D eigenvalue weighted by molar-refractivity contribution is -0.150. The van der Waals surface area contributed by atoms with Crippen molar-refractivity contribution in [3.63, 3.8) is 0 Å². The van der Waals surface area contributed by atoms with Crippen molar-refractivity contribution in [2.75, 3.05) is 20.3 Å². The first-order valence-electron chi connectivity index (χ1n) is 12.8. The van der Waals surface area contributed by atoms with Crippen LogP contribution in [0.2, 0.25) is 0 Å².